The summed E-state index contributed by atoms with van der Waals surface area (Å²) in [5.74, 6) is -4.43. The lowest BCUT2D eigenvalue weighted by Gasteiger charge is -2.50. The first-order valence-corrected chi connectivity index (χ1v) is 31.2. The number of rotatable bonds is 11. The van der Waals surface area contributed by atoms with Crippen molar-refractivity contribution in [2.75, 3.05) is 46.2 Å². The van der Waals surface area contributed by atoms with E-state index in [0.29, 0.717) is 0 Å². The molecule has 22 N–H and O–H groups in total. The number of carbonyl (C=O) groups is 2. The molecule has 0 aliphatic carbocycles. The zero-order chi connectivity index (χ0) is 70.5. The Morgan fingerprint density at radius 3 is 0.835 bits per heavy atom. The molecule has 0 radical (unpaired) electrons. The van der Waals surface area contributed by atoms with Gasteiger partial charge < -0.3 is 184 Å². The van der Waals surface area contributed by atoms with Gasteiger partial charge in [-0.2, -0.15) is 0 Å². The Morgan fingerprint density at radius 2 is 0.608 bits per heavy atom. The fourth-order valence-corrected chi connectivity index (χ4v) is 12.9. The largest absolute Gasteiger partial charge is 0.478 e. The summed E-state index contributed by atoms with van der Waals surface area (Å²) in [6.45, 7) is -1.69. The Bertz CT molecular complexity index is 2760. The van der Waals surface area contributed by atoms with Crippen LogP contribution in [0.5, 0.6) is 0 Å². The van der Waals surface area contributed by atoms with Crippen molar-refractivity contribution in [3.8, 4) is 0 Å². The molecule has 1 amide bonds. The highest BCUT2D eigenvalue weighted by molar-refractivity contribution is 6.16. The van der Waals surface area contributed by atoms with Gasteiger partial charge in [0.25, 0.3) is 0 Å². The number of ether oxygens (including phenoxy) is 14. The quantitative estimate of drug-likeness (QED) is 0.0978. The maximum atomic E-state index is 14.4. The SMILES string of the molecule is CC(C)(C)c1ccc(C2=NO[C@@H](C(=O)O)[C@@H]2C(=O)NC[C@H]2O[C@@H]3O[C@H]4[C@H](O)[C@H](O)[C@@H](O[C@H]5[C@H](O)[C@H](O)[C@@H](O[C@H]6[C@H](O)[C@@H](O)[C@@H](O[C@H]7[C@H](O)[C@@H](O)[C@@H](O[C@H]8[C@H](O)[C@@H](O)[C@@H](O[C@H]9[C@H](O)[C@@H](O)[C@@H](O[C@H]2[C@H](O)[C@H]3O)O[C@@H]9CO)O[C@@H]8CO)O[C@@H]7CO)O[C@@H]6CO)O[C@@H]5CO)O[C@@H]4CO)cc1. The zero-order valence-electron chi connectivity index (χ0n) is 51.9. The van der Waals surface area contributed by atoms with E-state index in [2.05, 4.69) is 10.5 Å². The van der Waals surface area contributed by atoms with Gasteiger partial charge in [0, 0.05) is 12.1 Å². The van der Waals surface area contributed by atoms with Crippen molar-refractivity contribution in [3.63, 3.8) is 0 Å². The van der Waals surface area contributed by atoms with Gasteiger partial charge in [-0.1, -0.05) is 50.2 Å². The molecule has 1 aromatic rings. The summed E-state index contributed by atoms with van der Waals surface area (Å²) in [6, 6.07) is 6.62. The summed E-state index contributed by atoms with van der Waals surface area (Å²) >= 11 is 0. The highest BCUT2D eigenvalue weighted by Crippen LogP contribution is 2.40. The molecule has 22 aliphatic rings. The van der Waals surface area contributed by atoms with Gasteiger partial charge in [-0.3, -0.25) is 4.79 Å². The number of nitrogens with zero attached hydrogens (tertiary/aromatic N) is 1. The van der Waals surface area contributed by atoms with Crippen molar-refractivity contribution < 1.29 is 188 Å². The highest BCUT2D eigenvalue weighted by atomic mass is 16.8. The van der Waals surface area contributed by atoms with Gasteiger partial charge in [-0.05, 0) is 11.0 Å². The molecule has 37 atom stereocenters. The molecule has 40 nitrogen and oxygen atoms in total. The Labute approximate surface area is 549 Å². The Morgan fingerprint density at radius 1 is 0.371 bits per heavy atom. The zero-order valence-corrected chi connectivity index (χ0v) is 51.9. The molecule has 1 aromatic carbocycles. The average molecular weight is 1410 g/mol. The smallest absolute Gasteiger partial charge is 0.349 e. The molecule has 23 rings (SSSR count). The van der Waals surface area contributed by atoms with Crippen molar-refractivity contribution in [2.45, 2.75) is 247 Å². The Kier molecular flexibility index (Phi) is 24.6. The first-order valence-electron chi connectivity index (χ1n) is 31.2. The van der Waals surface area contributed by atoms with Crippen LogP contribution in [0.4, 0.5) is 0 Å². The standard InChI is InChI=1S/C57H86N2O38/c1-57(2,3)16-6-4-15(5-7-16)25-24(47(49(81)82)97-59-25)48(80)58-8-17-40-26(66)33(73)50(83-17)91-41-18(9-60)85-52(35(75)28(41)68)93-43-20(11-62)87-54(37(77)30(43)70)95-45-22(13-64)89-56(39(79)32(45)72)96-46-23(14-65)88-55(38(78)31(46)71)94-44-21(12-63)86-53(36(76)29(44)69)92-42-19(10-61)84-51(90-40)34(74)27(42)67/h4-7,17-24,26-47,50-56,60-79H,8-14H2,1-3H3,(H,58,80)(H,81,82)/t17-,18-,19-,20-,21-,22-,23-,24-,26-,27-,28-,29-,30-,31-,32-,33-,34-,35+,36-,37+,38-,39-,40-,41-,42-,43-,44-,45-,46-,47-,50-,51-,52-,53-,54-,55-,56-/m1/s1. The maximum absolute atomic E-state index is 14.4. The first kappa shape index (κ1) is 75.9. The maximum Gasteiger partial charge on any atom is 0.349 e. The van der Waals surface area contributed by atoms with Gasteiger partial charge in [0.1, 0.15) is 183 Å². The van der Waals surface area contributed by atoms with Gasteiger partial charge >= 0.3 is 5.97 Å². The molecule has 552 valence electrons. The molecule has 0 unspecified atom stereocenters. The molecule has 0 saturated carbocycles. The van der Waals surface area contributed by atoms with Crippen LogP contribution in [0, 0.1) is 5.92 Å². The van der Waals surface area contributed by atoms with E-state index in [1.807, 2.05) is 20.8 Å². The van der Waals surface area contributed by atoms with Gasteiger partial charge in [0.15, 0.2) is 44.0 Å². The van der Waals surface area contributed by atoms with E-state index in [4.69, 9.17) is 71.2 Å². The topological polar surface area (TPSA) is 622 Å². The molecule has 22 aliphatic heterocycles. The van der Waals surface area contributed by atoms with Crippen LogP contribution in [0.2, 0.25) is 0 Å². The van der Waals surface area contributed by atoms with Gasteiger partial charge in [0.2, 0.25) is 12.0 Å². The number of amides is 1. The lowest BCUT2D eigenvalue weighted by molar-refractivity contribution is -0.396. The van der Waals surface area contributed by atoms with E-state index < -0.39 is 285 Å². The number of aliphatic hydroxyl groups excluding tert-OH is 20. The van der Waals surface area contributed by atoms with E-state index in [0.717, 1.165) is 5.56 Å². The minimum atomic E-state index is -2.37. The summed E-state index contributed by atoms with van der Waals surface area (Å²) in [5.41, 5.74) is 0.653. The van der Waals surface area contributed by atoms with E-state index >= 15 is 0 Å². The molecule has 21 fully saturated rings. The summed E-state index contributed by atoms with van der Waals surface area (Å²) in [6.07, 6.45) is -75.4. The molecular formula is C57H86N2O38. The second-order valence-corrected chi connectivity index (χ2v) is 25.9. The van der Waals surface area contributed by atoms with Crippen LogP contribution in [0.15, 0.2) is 29.4 Å². The third-order valence-corrected chi connectivity index (χ3v) is 18.5. The van der Waals surface area contributed by atoms with Gasteiger partial charge in [-0.15, -0.1) is 0 Å². The Hall–Kier alpha value is -3.73. The van der Waals surface area contributed by atoms with Crippen LogP contribution in [0.25, 0.3) is 0 Å². The number of benzene rings is 1. The predicted octanol–water partition coefficient (Wildman–Crippen LogP) is -13.3. The third-order valence-electron chi connectivity index (χ3n) is 18.5. The van der Waals surface area contributed by atoms with Crippen LogP contribution >= 0.6 is 0 Å². The summed E-state index contributed by atoms with van der Waals surface area (Å²) in [7, 11) is 0. The van der Waals surface area contributed by atoms with Crippen LogP contribution in [0.3, 0.4) is 0 Å². The van der Waals surface area contributed by atoms with E-state index in [1.165, 1.54) is 0 Å². The minimum absolute atomic E-state index is 0.142. The highest BCUT2D eigenvalue weighted by Gasteiger charge is 2.60. The number of nitrogens with one attached hydrogen (secondary N) is 1. The number of hydrogen-bond donors (Lipinski definition) is 22. The molecule has 40 heteroatoms. The molecule has 14 bridgehead atoms. The lowest BCUT2D eigenvalue weighted by Crippen LogP contribution is -2.68. The number of carbonyl (C=O) groups excluding carboxylic acids is 1. The van der Waals surface area contributed by atoms with Crippen molar-refractivity contribution in [1.82, 2.24) is 5.32 Å². The summed E-state index contributed by atoms with van der Waals surface area (Å²) in [4.78, 5) is 32.2. The van der Waals surface area contributed by atoms with Crippen molar-refractivity contribution in [1.29, 1.82) is 0 Å². The first-order chi connectivity index (χ1) is 46.0. The molecule has 21 saturated heterocycles. The van der Waals surface area contributed by atoms with Crippen molar-refractivity contribution >= 4 is 17.6 Å². The number of hydrogen-bond acceptors (Lipinski definition) is 38. The monoisotopic (exact) mass is 1410 g/mol. The Balaban J connectivity index is 0.957. The van der Waals surface area contributed by atoms with Crippen LogP contribution < -0.4 is 5.32 Å². The van der Waals surface area contributed by atoms with Crippen molar-refractivity contribution in [2.24, 2.45) is 11.1 Å². The average Bonchev–Trinajstić information content (AvgIpc) is 1.72. The molecule has 0 spiro atoms. The van der Waals surface area contributed by atoms with Crippen LogP contribution in [-0.2, 0) is 86.2 Å². The number of aliphatic carboxylic acids is 1. The number of carboxylic acids is 1. The molecular weight excluding hydrogens is 1320 g/mol. The summed E-state index contributed by atoms with van der Waals surface area (Å²) in [5, 5.41) is 242. The van der Waals surface area contributed by atoms with Gasteiger partial charge in [0.05, 0.1) is 39.6 Å². The fraction of sp³-hybridized carbons (Fsp3) is 0.842. The van der Waals surface area contributed by atoms with Crippen LogP contribution in [-0.4, -0.2) is 392 Å². The van der Waals surface area contributed by atoms with Gasteiger partial charge in [-0.25, -0.2) is 4.79 Å². The molecule has 22 heterocycles. The van der Waals surface area contributed by atoms with Crippen LogP contribution in [0.1, 0.15) is 31.9 Å². The van der Waals surface area contributed by atoms with Crippen molar-refractivity contribution in [3.05, 3.63) is 35.4 Å². The number of aliphatic hydroxyl groups is 20. The predicted molar refractivity (Wildman–Crippen MR) is 302 cm³/mol. The second-order valence-electron chi connectivity index (χ2n) is 25.9. The van der Waals surface area contributed by atoms with E-state index in [1.54, 1.807) is 24.3 Å². The fourth-order valence-electron chi connectivity index (χ4n) is 12.9. The lowest BCUT2D eigenvalue weighted by atomic mass is 9.85. The minimum Gasteiger partial charge on any atom is -0.478 e. The summed E-state index contributed by atoms with van der Waals surface area (Å²) < 4.78 is 81.4. The normalized spacial score (nSPS) is 48.6. The number of carboxylic acid groups (broad SMARTS) is 1. The molecule has 97 heavy (non-hydrogen) atoms. The molecule has 0 aromatic heterocycles. The van der Waals surface area contributed by atoms with E-state index in [-0.39, 0.29) is 16.7 Å². The third kappa shape index (κ3) is 15.2. The van der Waals surface area contributed by atoms with E-state index in [9.17, 15) is 117 Å². The second kappa shape index (κ2) is 31.5. The number of oxime groups is 1.